The largest absolute Gasteiger partial charge is 1.00 e. The molecule has 0 atom stereocenters. The van der Waals surface area contributed by atoms with Crippen molar-refractivity contribution in [1.82, 2.24) is 19.4 Å². The van der Waals surface area contributed by atoms with Crippen molar-refractivity contribution in [2.75, 3.05) is 42.2 Å². The first-order valence-corrected chi connectivity index (χ1v) is 36.0. The number of para-hydroxylation sites is 4. The molecule has 6 heterocycles. The van der Waals surface area contributed by atoms with E-state index in [1.165, 1.54) is 30.9 Å². The van der Waals surface area contributed by atoms with Gasteiger partial charge in [-0.05, 0) is 128 Å². The SMILES string of the molecule is C.C.C.CCN(CC)c1ccc2c(c1)OC(=C(C#N)C#N)C(c1nc3ccccc3[nH]1)=C2.CCN(CC)c1ccc2cc3c(oc2c1)c(C#N)c(=N)n1c2ccccc2nc31.CS(=O)([O-])(OS(=O)(=O)[O-])S(=O)(=O)[O-].O=c1c2ccccc2c2ccc3sc4ccccc4c4ccc1c2c34.[Na+].[Na+].[Na+]. The van der Waals surface area contributed by atoms with Crippen LogP contribution in [0.4, 0.5) is 11.4 Å². The third kappa shape index (κ3) is 15.6. The number of hydrogen-bond donors (Lipinski definition) is 2. The molecule has 0 aliphatic carbocycles. The Kier molecular flexibility index (Phi) is 26.7. The Morgan fingerprint density at radius 2 is 1.24 bits per heavy atom. The molecule has 22 nitrogen and oxygen atoms in total. The van der Waals surface area contributed by atoms with Crippen LogP contribution in [0.15, 0.2) is 184 Å². The van der Waals surface area contributed by atoms with Crippen molar-refractivity contribution in [3.8, 4) is 24.0 Å². The van der Waals surface area contributed by atoms with Gasteiger partial charge in [-0.3, -0.25) is 18.8 Å². The van der Waals surface area contributed by atoms with Crippen molar-refractivity contribution in [2.24, 2.45) is 0 Å². The van der Waals surface area contributed by atoms with Crippen LogP contribution in [-0.4, -0.2) is 86.5 Å². The van der Waals surface area contributed by atoms with E-state index in [4.69, 9.17) is 19.5 Å². The molecular weight excluding hydrogens is 1410 g/mol. The van der Waals surface area contributed by atoms with Crippen molar-refractivity contribution >= 4 is 165 Å². The maximum Gasteiger partial charge on any atom is 1.00 e. The Morgan fingerprint density at radius 3 is 1.85 bits per heavy atom. The van der Waals surface area contributed by atoms with E-state index >= 15 is 0 Å². The van der Waals surface area contributed by atoms with Crippen molar-refractivity contribution in [2.45, 2.75) is 50.0 Å². The zero-order valence-corrected chi connectivity index (χ0v) is 63.9. The van der Waals surface area contributed by atoms with Gasteiger partial charge in [-0.2, -0.15) is 15.8 Å². The molecule has 0 radical (unpaired) electrons. The Morgan fingerprint density at radius 1 is 0.667 bits per heavy atom. The summed E-state index contributed by atoms with van der Waals surface area (Å²) in [4.78, 5) is 30.1. The van der Waals surface area contributed by atoms with Gasteiger partial charge >= 0.3 is 88.7 Å². The fourth-order valence-corrected chi connectivity index (χ4v) is 15.9. The van der Waals surface area contributed by atoms with Crippen molar-refractivity contribution in [3.63, 3.8) is 0 Å². The third-order valence-corrected chi connectivity index (χ3v) is 23.5. The Hall–Kier alpha value is -7.96. The van der Waals surface area contributed by atoms with Gasteiger partial charge in [0.05, 0.1) is 33.0 Å². The summed E-state index contributed by atoms with van der Waals surface area (Å²) in [6.45, 7) is 12.0. The average molecular weight is 1470 g/mol. The number of H-pyrrole nitrogens is 1. The topological polar surface area (TPSA) is 351 Å². The number of hydrogen-bond acceptors (Lipinski definition) is 21. The normalized spacial score (nSPS) is 12.0. The number of nitrogens with one attached hydrogen (secondary N) is 2. The monoisotopic (exact) mass is 1470 g/mol. The van der Waals surface area contributed by atoms with Crippen LogP contribution in [0.2, 0.25) is 0 Å². The van der Waals surface area contributed by atoms with E-state index in [1.807, 2.05) is 127 Å². The summed E-state index contributed by atoms with van der Waals surface area (Å²) in [7, 11) is -18.7. The summed E-state index contributed by atoms with van der Waals surface area (Å²) in [6, 6.07) is 60.4. The molecule has 0 fully saturated rings. The predicted octanol–water partition coefficient (Wildman–Crippen LogP) is 5.88. The van der Waals surface area contributed by atoms with Crippen molar-refractivity contribution < 1.29 is 136 Å². The second kappa shape index (κ2) is 32.8. The maximum absolute atomic E-state index is 13.1. The van der Waals surface area contributed by atoms with E-state index in [9.17, 15) is 55.3 Å². The molecule has 0 unspecified atom stereocenters. The van der Waals surface area contributed by atoms with Crippen molar-refractivity contribution in [3.05, 3.63) is 208 Å². The zero-order valence-electron chi connectivity index (χ0n) is 54.6. The summed E-state index contributed by atoms with van der Waals surface area (Å²) < 4.78 is 99.6. The Labute approximate surface area is 658 Å². The van der Waals surface area contributed by atoms with Gasteiger partial charge in [-0.1, -0.05) is 101 Å². The van der Waals surface area contributed by atoms with Crippen LogP contribution in [0.3, 0.4) is 0 Å². The zero-order chi connectivity index (χ0) is 68.2. The number of anilines is 2. The molecular formula is C73H65N10Na3O12S4. The summed E-state index contributed by atoms with van der Waals surface area (Å²) in [5.41, 5.74) is 8.92. The van der Waals surface area contributed by atoms with E-state index in [0.29, 0.717) is 34.0 Å². The number of aromatic amines is 1. The number of allylic oxidation sites excluding steroid dienone is 2. The van der Waals surface area contributed by atoms with E-state index in [0.717, 1.165) is 97.5 Å². The average Bonchev–Trinajstić information content (AvgIpc) is 1.13. The number of nitriles is 3. The number of fused-ring (bicyclic) bond motifs is 12. The molecule has 506 valence electrons. The third-order valence-electron chi connectivity index (χ3n) is 16.4. The number of imidazole rings is 2. The van der Waals surface area contributed by atoms with Gasteiger partial charge in [0.25, 0.3) is 0 Å². The van der Waals surface area contributed by atoms with E-state index in [2.05, 4.69) is 112 Å². The fourth-order valence-electron chi connectivity index (χ4n) is 11.8. The molecule has 0 saturated carbocycles. The molecule has 15 rings (SSSR count). The van der Waals surface area contributed by atoms with Gasteiger partial charge < -0.3 is 37.6 Å². The Balaban J connectivity index is 0.000000216. The second-order valence-corrected chi connectivity index (χ2v) is 30.9. The number of aromatic nitrogens is 4. The van der Waals surface area contributed by atoms with Crippen LogP contribution in [0.5, 0.6) is 5.75 Å². The molecule has 0 bridgehead atoms. The molecule has 1 aliphatic heterocycles. The standard InChI is InChI=1S/2C23H19N5O.C23H12OS.CH6O9S3.3CH4.3Na/c1-3-27(4-2)15-10-9-14-11-16-21(29-20(14)12-15)17(13-24)22(25)28-19-8-6-5-7-18(19)26-23(16)28;1-3-28(4-2)17-10-9-15-11-18(22(16(13-24)14-25)29-21(15)12-17)23-26-19-7-5-6-8-20(19)27-23;24-23-17-7-2-1-5-13(17)15-11-12-20-22-16(9-10-18(23)21(15)22)14-6-3-4-8-19(14)25-20;1-13(8,9,12(5,6)7)10-11(2,3)4;;;;;;/h5-12,25H,3-4H2,1-2H3;5-12H,3-4H2,1-2H3,(H,26,27);1-12H;1H3,(H,8,9)(H,2,3,4)(H,5,6,7);3*1H4;;;/q;;;;;;;3*+1/p-3. The molecule has 0 saturated heterocycles. The van der Waals surface area contributed by atoms with Gasteiger partial charge in [-0.15, -0.1) is 11.3 Å². The molecule has 9 aromatic carbocycles. The van der Waals surface area contributed by atoms with Gasteiger partial charge in [-0.25, -0.2) is 30.4 Å². The van der Waals surface area contributed by atoms with Crippen LogP contribution >= 0.6 is 11.3 Å². The number of pyridine rings is 1. The molecule has 0 amide bonds. The van der Waals surface area contributed by atoms with Gasteiger partial charge in [0.2, 0.25) is 10.4 Å². The van der Waals surface area contributed by atoms with Crippen LogP contribution in [0, 0.1) is 39.4 Å². The minimum Gasteiger partial charge on any atom is -0.758 e. The minimum absolute atomic E-state index is 0. The predicted molar refractivity (Wildman–Crippen MR) is 392 cm³/mol. The Bertz CT molecular complexity index is 6170. The molecule has 102 heavy (non-hydrogen) atoms. The van der Waals surface area contributed by atoms with Crippen LogP contribution in [0.1, 0.15) is 66.9 Å². The van der Waals surface area contributed by atoms with Crippen LogP contribution in [0.25, 0.3) is 114 Å². The van der Waals surface area contributed by atoms with E-state index in [-0.39, 0.29) is 145 Å². The van der Waals surface area contributed by atoms with Gasteiger partial charge in [0, 0.05) is 106 Å². The summed E-state index contributed by atoms with van der Waals surface area (Å²) in [5, 5.41) is 47.7. The molecule has 29 heteroatoms. The maximum atomic E-state index is 13.1. The quantitative estimate of drug-likeness (QED) is 0.0307. The minimum atomic E-state index is -6.74. The van der Waals surface area contributed by atoms with Crippen molar-refractivity contribution in [1.29, 1.82) is 21.2 Å². The number of nitrogens with zero attached hydrogens (tertiary/aromatic N) is 8. The fraction of sp³-hybridized carbons (Fsp3) is 0.164. The summed E-state index contributed by atoms with van der Waals surface area (Å²) >= 11 is 1.80. The number of ether oxygens (including phenoxy) is 1. The summed E-state index contributed by atoms with van der Waals surface area (Å²) in [6.07, 6.45) is 1.60. The molecule has 0 spiro atoms. The molecule has 1 aliphatic rings. The first kappa shape index (κ1) is 83.0. The van der Waals surface area contributed by atoms with E-state index in [1.54, 1.807) is 15.7 Å². The smallest absolute Gasteiger partial charge is 0.758 e. The second-order valence-electron chi connectivity index (χ2n) is 22.0. The van der Waals surface area contributed by atoms with Crippen LogP contribution in [-0.2, 0) is 31.8 Å². The number of benzene rings is 9. The van der Waals surface area contributed by atoms with E-state index < -0.39 is 28.2 Å². The number of rotatable bonds is 10. The first-order chi connectivity index (χ1) is 45.9. The molecule has 5 aromatic heterocycles. The van der Waals surface area contributed by atoms with Gasteiger partial charge in [0.1, 0.15) is 40.9 Å². The molecule has 2 N–H and O–H groups in total. The first-order valence-electron chi connectivity index (χ1n) is 29.7. The van der Waals surface area contributed by atoms with Crippen LogP contribution < -0.4 is 114 Å². The summed E-state index contributed by atoms with van der Waals surface area (Å²) in [5.74, 6) is 1.40. The van der Waals surface area contributed by atoms with Gasteiger partial charge in [0.15, 0.2) is 42.6 Å². The molecule has 14 aromatic rings.